The molecule has 0 aliphatic rings. The molecule has 0 radical (unpaired) electrons. The van der Waals surface area contributed by atoms with Crippen molar-refractivity contribution in [3.05, 3.63) is 74.6 Å². The number of carbonyl (C=O) groups is 2. The monoisotopic (exact) mass is 565 g/mol. The van der Waals surface area contributed by atoms with Crippen LogP contribution in [0.2, 0.25) is 0 Å². The van der Waals surface area contributed by atoms with Crippen LogP contribution in [0.5, 0.6) is 0 Å². The van der Waals surface area contributed by atoms with Gasteiger partial charge >= 0.3 is 0 Å². The van der Waals surface area contributed by atoms with Crippen LogP contribution in [0.4, 0.5) is 10.2 Å². The Balaban J connectivity index is 1.60. The molecule has 3 N–H and O–H groups in total. The Morgan fingerprint density at radius 1 is 1.06 bits per heavy atom. The molecule has 1 atom stereocenters. The molecule has 0 saturated carbocycles. The smallest absolute Gasteiger partial charge is 0.168 e. The molecular formula is C23H22Br2FN3O3. The number of nitrogens with zero attached hydrogens (tertiary/aromatic N) is 2. The lowest BCUT2D eigenvalue weighted by molar-refractivity contribution is 0.0359. The summed E-state index contributed by atoms with van der Waals surface area (Å²) in [6.07, 6.45) is 1.91. The number of aromatic nitrogens is 2. The Labute approximate surface area is 201 Å². The highest BCUT2D eigenvalue weighted by Crippen LogP contribution is 2.29. The van der Waals surface area contributed by atoms with Crippen molar-refractivity contribution in [2.45, 2.75) is 38.2 Å². The van der Waals surface area contributed by atoms with E-state index in [0.717, 1.165) is 0 Å². The summed E-state index contributed by atoms with van der Waals surface area (Å²) in [5, 5.41) is 14.8. The summed E-state index contributed by atoms with van der Waals surface area (Å²) in [5.74, 6) is -0.615. The molecule has 0 spiro atoms. The standard InChI is InChI=1S/C23H22Br2FN3O3/c1-23(32,12-10-20(31)21-17(24)3-2-4-18(21)25)11-9-19(30)16-13-28-29(22(16)27)15-7-5-14(26)6-8-15/h2-8,13,32H,9-12,27H2,1H3. The number of Topliss-reactive ketones (excluding diaryl/α,β-unsaturated/α-hetero) is 2. The lowest BCUT2D eigenvalue weighted by Gasteiger charge is -2.22. The Morgan fingerprint density at radius 3 is 2.22 bits per heavy atom. The van der Waals surface area contributed by atoms with E-state index in [4.69, 9.17) is 5.73 Å². The van der Waals surface area contributed by atoms with Gasteiger partial charge in [-0.05, 0) is 56.2 Å². The molecule has 2 aromatic carbocycles. The fourth-order valence-corrected chi connectivity index (χ4v) is 4.72. The number of aliphatic hydroxyl groups is 1. The molecule has 0 aliphatic heterocycles. The molecule has 3 rings (SSSR count). The van der Waals surface area contributed by atoms with Gasteiger partial charge in [-0.2, -0.15) is 5.10 Å². The number of rotatable bonds is 9. The zero-order valence-electron chi connectivity index (χ0n) is 17.3. The number of hydrogen-bond acceptors (Lipinski definition) is 5. The summed E-state index contributed by atoms with van der Waals surface area (Å²) in [6.45, 7) is 1.61. The van der Waals surface area contributed by atoms with Crippen LogP contribution in [0, 0.1) is 5.82 Å². The van der Waals surface area contributed by atoms with E-state index in [1.54, 1.807) is 19.1 Å². The van der Waals surface area contributed by atoms with Gasteiger partial charge in [0.2, 0.25) is 0 Å². The summed E-state index contributed by atoms with van der Waals surface area (Å²) < 4.78 is 15.9. The van der Waals surface area contributed by atoms with Gasteiger partial charge in [-0.3, -0.25) is 9.59 Å². The van der Waals surface area contributed by atoms with Gasteiger partial charge < -0.3 is 10.8 Å². The largest absolute Gasteiger partial charge is 0.390 e. The quantitative estimate of drug-likeness (QED) is 0.333. The summed E-state index contributed by atoms with van der Waals surface area (Å²) in [6, 6.07) is 11.0. The number of carbonyl (C=O) groups excluding carboxylic acids is 2. The Hall–Kier alpha value is -2.36. The zero-order valence-corrected chi connectivity index (χ0v) is 20.5. The number of ketones is 2. The Morgan fingerprint density at radius 2 is 1.62 bits per heavy atom. The van der Waals surface area contributed by atoms with E-state index in [9.17, 15) is 19.1 Å². The second kappa shape index (κ2) is 10.1. The average molecular weight is 567 g/mol. The number of benzene rings is 2. The highest BCUT2D eigenvalue weighted by Gasteiger charge is 2.26. The molecule has 1 unspecified atom stereocenters. The summed E-state index contributed by atoms with van der Waals surface area (Å²) in [7, 11) is 0. The van der Waals surface area contributed by atoms with Gasteiger partial charge in [-0.15, -0.1) is 0 Å². The van der Waals surface area contributed by atoms with E-state index in [1.165, 1.54) is 35.1 Å². The van der Waals surface area contributed by atoms with Crippen molar-refractivity contribution < 1.29 is 19.1 Å². The number of nitrogens with two attached hydrogens (primary N) is 1. The fraction of sp³-hybridized carbons (Fsp3) is 0.261. The SMILES string of the molecule is CC(O)(CCC(=O)c1cnn(-c2ccc(F)cc2)c1N)CCC(=O)c1c(Br)cccc1Br. The number of anilines is 1. The first-order valence-corrected chi connectivity index (χ1v) is 11.5. The van der Waals surface area contributed by atoms with Crippen LogP contribution < -0.4 is 5.73 Å². The maximum Gasteiger partial charge on any atom is 0.168 e. The molecule has 1 heterocycles. The van der Waals surface area contributed by atoms with Gasteiger partial charge in [0.15, 0.2) is 11.6 Å². The maximum atomic E-state index is 13.1. The van der Waals surface area contributed by atoms with Crippen LogP contribution in [0.3, 0.4) is 0 Å². The van der Waals surface area contributed by atoms with Crippen LogP contribution in [0.25, 0.3) is 5.69 Å². The number of nitrogen functional groups attached to an aromatic ring is 1. The van der Waals surface area contributed by atoms with Gasteiger partial charge in [-0.1, -0.05) is 37.9 Å². The molecule has 3 aromatic rings. The topological polar surface area (TPSA) is 98.2 Å². The maximum absolute atomic E-state index is 13.1. The predicted octanol–water partition coefficient (Wildman–Crippen LogP) is 5.50. The molecule has 0 amide bonds. The van der Waals surface area contributed by atoms with Crippen molar-refractivity contribution in [3.63, 3.8) is 0 Å². The van der Waals surface area contributed by atoms with Crippen molar-refractivity contribution >= 4 is 49.2 Å². The second-order valence-electron chi connectivity index (χ2n) is 7.77. The molecule has 0 fully saturated rings. The Bertz CT molecular complexity index is 1120. The van der Waals surface area contributed by atoms with Gasteiger partial charge in [0.1, 0.15) is 11.6 Å². The molecule has 32 heavy (non-hydrogen) atoms. The molecule has 0 aliphatic carbocycles. The fourth-order valence-electron chi connectivity index (χ4n) is 3.28. The van der Waals surface area contributed by atoms with Crippen LogP contribution >= 0.6 is 31.9 Å². The van der Waals surface area contributed by atoms with Crippen molar-refractivity contribution in [2.24, 2.45) is 0 Å². The van der Waals surface area contributed by atoms with E-state index in [-0.39, 0.29) is 54.4 Å². The first kappa shape index (κ1) is 24.3. The van der Waals surface area contributed by atoms with Crippen molar-refractivity contribution in [2.75, 3.05) is 5.73 Å². The van der Waals surface area contributed by atoms with E-state index in [2.05, 4.69) is 37.0 Å². The summed E-state index contributed by atoms with van der Waals surface area (Å²) in [4.78, 5) is 25.3. The normalized spacial score (nSPS) is 13.0. The van der Waals surface area contributed by atoms with Crippen molar-refractivity contribution in [3.8, 4) is 5.69 Å². The van der Waals surface area contributed by atoms with Crippen LogP contribution in [-0.4, -0.2) is 32.1 Å². The lowest BCUT2D eigenvalue weighted by Crippen LogP contribution is -2.26. The first-order valence-electron chi connectivity index (χ1n) is 9.91. The van der Waals surface area contributed by atoms with Crippen molar-refractivity contribution in [1.82, 2.24) is 9.78 Å². The number of halogens is 3. The van der Waals surface area contributed by atoms with Gasteiger partial charge in [-0.25, -0.2) is 9.07 Å². The molecule has 6 nitrogen and oxygen atoms in total. The molecule has 1 aromatic heterocycles. The minimum atomic E-state index is -1.21. The van der Waals surface area contributed by atoms with Crippen LogP contribution in [0.1, 0.15) is 53.3 Å². The minimum Gasteiger partial charge on any atom is -0.390 e. The van der Waals surface area contributed by atoms with Crippen LogP contribution in [-0.2, 0) is 0 Å². The third kappa shape index (κ3) is 5.70. The summed E-state index contributed by atoms with van der Waals surface area (Å²) in [5.41, 5.74) is 6.16. The third-order valence-corrected chi connectivity index (χ3v) is 6.52. The third-order valence-electron chi connectivity index (χ3n) is 5.20. The van der Waals surface area contributed by atoms with Gasteiger partial charge in [0.25, 0.3) is 0 Å². The molecule has 0 bridgehead atoms. The molecule has 168 valence electrons. The van der Waals surface area contributed by atoms with Gasteiger partial charge in [0.05, 0.1) is 23.0 Å². The van der Waals surface area contributed by atoms with E-state index in [1.807, 2.05) is 6.07 Å². The molecule has 0 saturated heterocycles. The zero-order chi connectivity index (χ0) is 23.5. The lowest BCUT2D eigenvalue weighted by atomic mass is 9.90. The predicted molar refractivity (Wildman–Crippen MR) is 128 cm³/mol. The highest BCUT2D eigenvalue weighted by atomic mass is 79.9. The van der Waals surface area contributed by atoms with E-state index >= 15 is 0 Å². The minimum absolute atomic E-state index is 0.0409. The molecular weight excluding hydrogens is 545 g/mol. The first-order chi connectivity index (χ1) is 15.1. The summed E-state index contributed by atoms with van der Waals surface area (Å²) >= 11 is 6.75. The van der Waals surface area contributed by atoms with E-state index in [0.29, 0.717) is 20.2 Å². The van der Waals surface area contributed by atoms with Gasteiger partial charge in [0, 0.05) is 27.4 Å². The second-order valence-corrected chi connectivity index (χ2v) is 9.48. The molecule has 9 heteroatoms. The van der Waals surface area contributed by atoms with E-state index < -0.39 is 5.60 Å². The number of hydrogen-bond donors (Lipinski definition) is 2. The average Bonchev–Trinajstić information content (AvgIpc) is 3.12. The van der Waals surface area contributed by atoms with Crippen molar-refractivity contribution in [1.29, 1.82) is 0 Å². The highest BCUT2D eigenvalue weighted by molar-refractivity contribution is 9.11. The van der Waals surface area contributed by atoms with Crippen LogP contribution in [0.15, 0.2) is 57.6 Å². The Kier molecular flexibility index (Phi) is 7.63.